The van der Waals surface area contributed by atoms with Crippen LogP contribution in [0, 0.1) is 0 Å². The lowest BCUT2D eigenvalue weighted by molar-refractivity contribution is 0.0654. The Morgan fingerprint density at radius 1 is 1.18 bits per heavy atom. The van der Waals surface area contributed by atoms with Gasteiger partial charge in [-0.15, -0.1) is 0 Å². The molecule has 1 aromatic heterocycles. The van der Waals surface area contributed by atoms with Gasteiger partial charge in [0.25, 0.3) is 5.91 Å². The fourth-order valence-corrected chi connectivity index (χ4v) is 2.33. The molecule has 122 valence electrons. The number of carbonyl (C=O) groups is 2. The number of carbonyl (C=O) groups excluding carboxylic acids is 2. The summed E-state index contributed by atoms with van der Waals surface area (Å²) >= 11 is 0. The molecule has 1 saturated heterocycles. The monoisotopic (exact) mass is 307 g/mol. The highest BCUT2D eigenvalue weighted by Crippen LogP contribution is 2.09. The van der Waals surface area contributed by atoms with Gasteiger partial charge in [-0.2, -0.15) is 5.10 Å². The molecule has 0 radical (unpaired) electrons. The van der Waals surface area contributed by atoms with Gasteiger partial charge in [-0.3, -0.25) is 9.48 Å². The van der Waals surface area contributed by atoms with Crippen LogP contribution in [0.15, 0.2) is 12.3 Å². The highest BCUT2D eigenvalue weighted by Gasteiger charge is 2.27. The quantitative estimate of drug-likeness (QED) is 0.891. The molecule has 0 spiro atoms. The van der Waals surface area contributed by atoms with E-state index < -0.39 is 0 Å². The van der Waals surface area contributed by atoms with Crippen LogP contribution in [0.5, 0.6) is 0 Å². The second-order valence-electron chi connectivity index (χ2n) is 6.52. The lowest BCUT2D eigenvalue weighted by atomic mass is 10.1. The summed E-state index contributed by atoms with van der Waals surface area (Å²) in [7, 11) is 0. The van der Waals surface area contributed by atoms with Crippen molar-refractivity contribution in [2.45, 2.75) is 39.8 Å². The summed E-state index contributed by atoms with van der Waals surface area (Å²) in [4.78, 5) is 28.0. The third-order valence-corrected chi connectivity index (χ3v) is 3.52. The average molecular weight is 307 g/mol. The largest absolute Gasteiger partial charge is 0.334 e. The molecule has 7 heteroatoms. The Morgan fingerprint density at radius 3 is 2.27 bits per heavy atom. The molecule has 0 aliphatic carbocycles. The van der Waals surface area contributed by atoms with Crippen molar-refractivity contribution in [3.8, 4) is 0 Å². The molecule has 0 saturated carbocycles. The second kappa shape index (κ2) is 6.37. The minimum atomic E-state index is -0.253. The number of nitrogens with one attached hydrogen (secondary N) is 1. The zero-order valence-corrected chi connectivity index (χ0v) is 13.8. The van der Waals surface area contributed by atoms with E-state index in [0.717, 1.165) is 6.54 Å². The molecule has 1 aliphatic heterocycles. The Balaban J connectivity index is 1.89. The predicted octanol–water partition coefficient (Wildman–Crippen LogP) is 1.17. The molecule has 3 amide bonds. The van der Waals surface area contributed by atoms with E-state index in [1.54, 1.807) is 26.7 Å². The molecule has 0 atom stereocenters. The minimum Gasteiger partial charge on any atom is -0.334 e. The Hall–Kier alpha value is -2.05. The normalized spacial score (nSPS) is 15.8. The van der Waals surface area contributed by atoms with Crippen LogP contribution in [-0.2, 0) is 6.54 Å². The molecular formula is C15H25N5O2. The van der Waals surface area contributed by atoms with Crippen LogP contribution in [0.2, 0.25) is 0 Å². The van der Waals surface area contributed by atoms with E-state index in [9.17, 15) is 9.59 Å². The number of urea groups is 1. The number of hydrogen-bond acceptors (Lipinski definition) is 3. The van der Waals surface area contributed by atoms with Gasteiger partial charge in [-0.05, 0) is 33.8 Å². The molecule has 0 unspecified atom stereocenters. The summed E-state index contributed by atoms with van der Waals surface area (Å²) in [6, 6.07) is 1.67. The van der Waals surface area contributed by atoms with E-state index in [-0.39, 0.29) is 17.5 Å². The number of aryl methyl sites for hydroxylation is 1. The van der Waals surface area contributed by atoms with Gasteiger partial charge in [0.2, 0.25) is 0 Å². The van der Waals surface area contributed by atoms with Gasteiger partial charge >= 0.3 is 6.03 Å². The van der Waals surface area contributed by atoms with E-state index in [2.05, 4.69) is 10.4 Å². The number of rotatable bonds is 2. The first kappa shape index (κ1) is 16.3. The second-order valence-corrected chi connectivity index (χ2v) is 6.52. The summed E-state index contributed by atoms with van der Waals surface area (Å²) in [5.41, 5.74) is 0.214. The molecule has 1 N–H and O–H groups in total. The van der Waals surface area contributed by atoms with Gasteiger partial charge < -0.3 is 15.1 Å². The van der Waals surface area contributed by atoms with Gasteiger partial charge in [0.15, 0.2) is 0 Å². The maximum atomic E-state index is 12.4. The lowest BCUT2D eigenvalue weighted by Gasteiger charge is -2.36. The maximum Gasteiger partial charge on any atom is 0.317 e. The number of amides is 3. The van der Waals surface area contributed by atoms with Crippen LogP contribution in [-0.4, -0.2) is 63.2 Å². The SMILES string of the molecule is CCn1ccc(C(=O)N2CCN(C(=O)NC(C)(C)C)CC2)n1. The zero-order chi connectivity index (χ0) is 16.3. The number of nitrogens with zero attached hydrogens (tertiary/aromatic N) is 4. The fraction of sp³-hybridized carbons (Fsp3) is 0.667. The Labute approximate surface area is 131 Å². The third-order valence-electron chi connectivity index (χ3n) is 3.52. The summed E-state index contributed by atoms with van der Waals surface area (Å²) in [6.45, 7) is 10.7. The fourth-order valence-electron chi connectivity index (χ4n) is 2.33. The molecule has 22 heavy (non-hydrogen) atoms. The van der Waals surface area contributed by atoms with Crippen molar-refractivity contribution in [2.24, 2.45) is 0 Å². The Bertz CT molecular complexity index is 538. The van der Waals surface area contributed by atoms with Crippen LogP contribution in [0.1, 0.15) is 38.2 Å². The number of hydrogen-bond donors (Lipinski definition) is 1. The molecule has 2 heterocycles. The molecule has 0 bridgehead atoms. The lowest BCUT2D eigenvalue weighted by Crippen LogP contribution is -2.56. The number of aromatic nitrogens is 2. The van der Waals surface area contributed by atoms with E-state index in [0.29, 0.717) is 31.9 Å². The van der Waals surface area contributed by atoms with Gasteiger partial charge in [-0.25, -0.2) is 4.79 Å². The van der Waals surface area contributed by atoms with Crippen molar-refractivity contribution in [1.29, 1.82) is 0 Å². The molecular weight excluding hydrogens is 282 g/mol. The first-order valence-corrected chi connectivity index (χ1v) is 7.70. The maximum absolute atomic E-state index is 12.4. The van der Waals surface area contributed by atoms with Crippen LogP contribution >= 0.6 is 0 Å². The van der Waals surface area contributed by atoms with Crippen LogP contribution < -0.4 is 5.32 Å². The molecule has 1 aromatic rings. The molecule has 7 nitrogen and oxygen atoms in total. The van der Waals surface area contributed by atoms with Crippen molar-refractivity contribution in [3.63, 3.8) is 0 Å². The van der Waals surface area contributed by atoms with E-state index in [1.165, 1.54) is 0 Å². The molecule has 1 aliphatic rings. The molecule has 1 fully saturated rings. The van der Waals surface area contributed by atoms with Crippen LogP contribution in [0.4, 0.5) is 4.79 Å². The Morgan fingerprint density at radius 2 is 1.77 bits per heavy atom. The molecule has 0 aromatic carbocycles. The first-order chi connectivity index (χ1) is 10.3. The minimum absolute atomic E-state index is 0.0666. The summed E-state index contributed by atoms with van der Waals surface area (Å²) in [5.74, 6) is -0.0666. The topological polar surface area (TPSA) is 70.5 Å². The standard InChI is InChI=1S/C15H25N5O2/c1-5-20-7-6-12(17-20)13(21)18-8-10-19(11-9-18)14(22)16-15(2,3)4/h6-7H,5,8-11H2,1-4H3,(H,16,22). The van der Waals surface area contributed by atoms with E-state index in [4.69, 9.17) is 0 Å². The average Bonchev–Trinajstić information content (AvgIpc) is 2.94. The zero-order valence-electron chi connectivity index (χ0n) is 13.8. The third kappa shape index (κ3) is 3.99. The summed E-state index contributed by atoms with van der Waals surface area (Å²) in [5, 5.41) is 7.18. The van der Waals surface area contributed by atoms with Crippen LogP contribution in [0.25, 0.3) is 0 Å². The van der Waals surface area contributed by atoms with Crippen LogP contribution in [0.3, 0.4) is 0 Å². The Kier molecular flexibility index (Phi) is 4.73. The summed E-state index contributed by atoms with van der Waals surface area (Å²) in [6.07, 6.45) is 1.81. The van der Waals surface area contributed by atoms with Gasteiger partial charge in [0, 0.05) is 44.5 Å². The predicted molar refractivity (Wildman–Crippen MR) is 83.7 cm³/mol. The summed E-state index contributed by atoms with van der Waals surface area (Å²) < 4.78 is 1.74. The van der Waals surface area contributed by atoms with Crippen molar-refractivity contribution in [2.75, 3.05) is 26.2 Å². The van der Waals surface area contributed by atoms with Crippen molar-refractivity contribution >= 4 is 11.9 Å². The molecule has 2 rings (SSSR count). The van der Waals surface area contributed by atoms with Crippen molar-refractivity contribution < 1.29 is 9.59 Å². The van der Waals surface area contributed by atoms with Gasteiger partial charge in [0.05, 0.1) is 0 Å². The van der Waals surface area contributed by atoms with E-state index in [1.807, 2.05) is 27.7 Å². The van der Waals surface area contributed by atoms with Gasteiger partial charge in [-0.1, -0.05) is 0 Å². The highest BCUT2D eigenvalue weighted by molar-refractivity contribution is 5.92. The van der Waals surface area contributed by atoms with Crippen molar-refractivity contribution in [3.05, 3.63) is 18.0 Å². The smallest absolute Gasteiger partial charge is 0.317 e. The number of piperazine rings is 1. The van der Waals surface area contributed by atoms with Gasteiger partial charge in [0.1, 0.15) is 5.69 Å². The first-order valence-electron chi connectivity index (χ1n) is 7.70. The van der Waals surface area contributed by atoms with Crippen molar-refractivity contribution in [1.82, 2.24) is 24.9 Å². The van der Waals surface area contributed by atoms with E-state index >= 15 is 0 Å². The highest BCUT2D eigenvalue weighted by atomic mass is 16.2.